The highest BCUT2D eigenvalue weighted by atomic mass is 16.6. The molecule has 3 atom stereocenters. The van der Waals surface area contributed by atoms with Crippen LogP contribution in [0.15, 0.2) is 220 Å². The van der Waals surface area contributed by atoms with E-state index >= 15 is 0 Å². The van der Waals surface area contributed by atoms with Gasteiger partial charge in [0, 0.05) is 140 Å². The average Bonchev–Trinajstić information content (AvgIpc) is 1.62. The Morgan fingerprint density at radius 2 is 0.849 bits per heavy atom. The molecule has 0 saturated heterocycles. The minimum atomic E-state index is -1.96. The number of hydrogen-bond donors (Lipinski definition) is 9. The fraction of sp³-hybridized carbons (Fsp3) is 0.277. The van der Waals surface area contributed by atoms with Crippen LogP contribution in [0.5, 0.6) is 0 Å². The van der Waals surface area contributed by atoms with Crippen LogP contribution in [0, 0.1) is 0 Å². The van der Waals surface area contributed by atoms with E-state index in [1.54, 1.807) is 109 Å². The first-order chi connectivity index (χ1) is 60.7. The molecular formula is C94H99N15O17. The average molecular weight is 1710 g/mol. The van der Waals surface area contributed by atoms with Crippen LogP contribution in [-0.4, -0.2) is 197 Å². The number of aromatic nitrogens is 10. The number of fused-ring (bicyclic) bond motifs is 11. The van der Waals surface area contributed by atoms with E-state index in [0.29, 0.717) is 34.2 Å². The van der Waals surface area contributed by atoms with Crippen molar-refractivity contribution in [3.05, 3.63) is 270 Å². The fourth-order valence-electron chi connectivity index (χ4n) is 15.2. The number of alkyl carbamates (subject to hydrolysis) is 2. The molecule has 0 saturated carbocycles. The number of H-pyrrole nitrogens is 4. The highest BCUT2D eigenvalue weighted by Crippen LogP contribution is 2.46. The van der Waals surface area contributed by atoms with Crippen LogP contribution in [0.4, 0.5) is 14.4 Å². The molecule has 32 heteroatoms. The lowest BCUT2D eigenvalue weighted by Gasteiger charge is -2.29. The third kappa shape index (κ3) is 21.6. The number of pyridine rings is 5. The maximum absolute atomic E-state index is 12.9. The number of benzene rings is 4. The highest BCUT2D eigenvalue weighted by Gasteiger charge is 2.51. The first-order valence-electron chi connectivity index (χ1n) is 40.7. The molecule has 126 heavy (non-hydrogen) atoms. The Morgan fingerprint density at radius 1 is 0.484 bits per heavy atom. The number of esters is 4. The van der Waals surface area contributed by atoms with Gasteiger partial charge in [-0.05, 0) is 182 Å². The number of aromatic amines is 4. The van der Waals surface area contributed by atoms with Crippen LogP contribution >= 0.6 is 0 Å². The molecule has 16 rings (SSSR count). The van der Waals surface area contributed by atoms with E-state index in [1.165, 1.54) is 36.7 Å². The van der Waals surface area contributed by atoms with Gasteiger partial charge in [-0.15, -0.1) is 0 Å². The predicted molar refractivity (Wildman–Crippen MR) is 471 cm³/mol. The minimum absolute atomic E-state index is 0.0505. The molecule has 2 aliphatic rings. The van der Waals surface area contributed by atoms with E-state index in [4.69, 9.17) is 44.0 Å². The standard InChI is InChI=1S/C31H31N3O6.C26H23N3O4.C17H21N3O5.C10H11N3O2.C10H13N3/c1-31(2,3)40-30(37)34-17-19(20-14-9-15-32-27(20)34)16-26(28(35)38-4)33-29(36)39-18-25-23-12-7-5-10-21(23)22-11-6-8-13-24(22)25;1-32-25(30)23(13-16-14-28-24-17(16)11-6-12-27-24)29-26(31)33-15-22-20-9-4-2-7-18(20)19-8-3-5-10-21(19)22;1-4-24-15(22)17(20-11(3)21,16(23)25-5-2)9-12-10-19-14-13(12)7-6-8-18-14;11-8(10(14)15)4-6-5-13-9-7(6)2-1-3-12-9;1-13(2)7-8-6-12-10-9(8)4-3-5-11-10/h5-15,17,25-26H,16,18H2,1-4H3,(H,33,36);2-12,14,22-23H,13,15H2,1H3,(H,27,28)(H,29,31);6-8,10H,4-5,9H2,1-3H3,(H,18,19)(H,20,21);1-3,5,8H,4,11H2,(H,12,13)(H,14,15);3-6H,7H2,1-2H3,(H,11,12). The van der Waals surface area contributed by atoms with Crippen molar-refractivity contribution in [2.75, 3.05) is 54.7 Å². The third-order valence-corrected chi connectivity index (χ3v) is 20.8. The first-order valence-corrected chi connectivity index (χ1v) is 40.7. The maximum Gasteiger partial charge on any atom is 0.420 e. The van der Waals surface area contributed by atoms with Crippen LogP contribution in [-0.2, 0) is 94.2 Å². The third-order valence-electron chi connectivity index (χ3n) is 20.8. The lowest BCUT2D eigenvalue weighted by atomic mass is 9.90. The smallest absolute Gasteiger partial charge is 0.420 e. The number of nitrogens with zero attached hydrogens (tertiary/aromatic N) is 7. The normalized spacial score (nSPS) is 12.6. The minimum Gasteiger partial charge on any atom is -0.480 e. The first kappa shape index (κ1) is 90.3. The Kier molecular flexibility index (Phi) is 29.6. The van der Waals surface area contributed by atoms with Crippen LogP contribution in [0.3, 0.4) is 0 Å². The molecule has 10 N–H and O–H groups in total. The van der Waals surface area contributed by atoms with E-state index < -0.39 is 83.3 Å². The summed E-state index contributed by atoms with van der Waals surface area (Å²) in [6, 6.07) is 48.1. The second kappa shape index (κ2) is 41.3. The quantitative estimate of drug-likeness (QED) is 0.0154. The second-order valence-corrected chi connectivity index (χ2v) is 30.8. The molecule has 32 nitrogen and oxygen atoms in total. The van der Waals surface area contributed by atoms with Gasteiger partial charge in [0.25, 0.3) is 0 Å². The Bertz CT molecular complexity index is 6130. The number of nitrogens with two attached hydrogens (primary N) is 1. The summed E-state index contributed by atoms with van der Waals surface area (Å²) in [6.45, 7) is 11.2. The van der Waals surface area contributed by atoms with Gasteiger partial charge >= 0.3 is 48.1 Å². The number of hydrogen-bond acceptors (Lipinski definition) is 23. The molecule has 4 aromatic carbocycles. The number of methoxy groups -OCH3 is 2. The van der Waals surface area contributed by atoms with Crippen molar-refractivity contribution in [3.63, 3.8) is 0 Å². The van der Waals surface area contributed by atoms with Gasteiger partial charge in [-0.2, -0.15) is 0 Å². The van der Waals surface area contributed by atoms with E-state index in [9.17, 15) is 43.2 Å². The summed E-state index contributed by atoms with van der Waals surface area (Å²) >= 11 is 0. The number of carbonyl (C=O) groups is 9. The Balaban J connectivity index is 0.000000151. The van der Waals surface area contributed by atoms with Crippen molar-refractivity contribution >= 4 is 109 Å². The summed E-state index contributed by atoms with van der Waals surface area (Å²) in [5.41, 5.74) is 19.5. The molecule has 0 aliphatic heterocycles. The number of carboxylic acids is 1. The maximum atomic E-state index is 12.9. The SMILES string of the molecule is CCOC(=O)C(Cc1c[nH]c2ncccc12)(NC(C)=O)C(=O)OCC.CN(C)Cc1c[nH]c2ncccc12.COC(=O)C(Cc1c[nH]c2ncccc12)NC(=O)OCC1c2ccccc2-c2ccccc21.COC(=O)C(Cc1cn(C(=O)OC(C)(C)C)c2ncccc12)NC(=O)OCC1c2ccccc2-c2ccccc21.NC(Cc1c[nH]c2ncccc12)C(=O)O. The van der Waals surface area contributed by atoms with Crippen molar-refractivity contribution in [3.8, 4) is 22.3 Å². The molecule has 10 aromatic heterocycles. The van der Waals surface area contributed by atoms with Crippen LogP contribution in [0.25, 0.3) is 77.4 Å². The summed E-state index contributed by atoms with van der Waals surface area (Å²) in [7, 11) is 6.68. The van der Waals surface area contributed by atoms with Gasteiger partial charge in [0.05, 0.1) is 27.4 Å². The molecule has 0 fully saturated rings. The van der Waals surface area contributed by atoms with E-state index in [2.05, 4.69) is 122 Å². The molecule has 3 amide bonds. The van der Waals surface area contributed by atoms with Gasteiger partial charge in [-0.25, -0.2) is 63.0 Å². The Hall–Kier alpha value is -14.9. The van der Waals surface area contributed by atoms with Gasteiger partial charge in [-0.1, -0.05) is 97.1 Å². The molecule has 2 aliphatic carbocycles. The number of ether oxygens (including phenoxy) is 7. The van der Waals surface area contributed by atoms with Crippen molar-refractivity contribution < 1.29 is 81.4 Å². The van der Waals surface area contributed by atoms with E-state index in [1.807, 2.05) is 103 Å². The summed E-state index contributed by atoms with van der Waals surface area (Å²) in [5.74, 6) is -4.61. The van der Waals surface area contributed by atoms with Crippen LogP contribution in [0.2, 0.25) is 0 Å². The second-order valence-electron chi connectivity index (χ2n) is 30.8. The number of nitrogens with one attached hydrogen (secondary N) is 7. The Morgan fingerprint density at radius 3 is 1.24 bits per heavy atom. The van der Waals surface area contributed by atoms with E-state index in [0.717, 1.165) is 95.3 Å². The number of carbonyl (C=O) groups excluding carboxylic acids is 8. The predicted octanol–water partition coefficient (Wildman–Crippen LogP) is 12.9. The lowest BCUT2D eigenvalue weighted by molar-refractivity contribution is -0.168. The molecule has 10 heterocycles. The lowest BCUT2D eigenvalue weighted by Crippen LogP contribution is -2.62. The zero-order valence-electron chi connectivity index (χ0n) is 71.2. The van der Waals surface area contributed by atoms with Gasteiger partial charge < -0.3 is 84.8 Å². The zero-order valence-corrected chi connectivity index (χ0v) is 71.2. The van der Waals surface area contributed by atoms with Crippen molar-refractivity contribution in [2.24, 2.45) is 5.73 Å². The molecule has 3 unspecified atom stereocenters. The summed E-state index contributed by atoms with van der Waals surface area (Å²) in [6.07, 6.45) is 15.6. The van der Waals surface area contributed by atoms with Crippen molar-refractivity contribution in [1.82, 2.24) is 70.3 Å². The molecule has 0 bridgehead atoms. The topological polar surface area (TPSA) is 436 Å². The molecule has 0 spiro atoms. The molecule has 14 aromatic rings. The Labute approximate surface area is 724 Å². The zero-order chi connectivity index (χ0) is 89.8. The summed E-state index contributed by atoms with van der Waals surface area (Å²) in [4.78, 5) is 147. The molecular weight excluding hydrogens is 1610 g/mol. The van der Waals surface area contributed by atoms with Gasteiger partial charge in [0.2, 0.25) is 11.4 Å². The van der Waals surface area contributed by atoms with Crippen LogP contribution < -0.4 is 21.7 Å². The molecule has 652 valence electrons. The molecule has 0 radical (unpaired) electrons. The number of carboxylic acid groups (broad SMARTS) is 1. The van der Waals surface area contributed by atoms with Crippen molar-refractivity contribution in [1.29, 1.82) is 0 Å². The van der Waals surface area contributed by atoms with Gasteiger partial charge in [0.1, 0.15) is 65.2 Å². The summed E-state index contributed by atoms with van der Waals surface area (Å²) < 4.78 is 38.0. The largest absolute Gasteiger partial charge is 0.480 e. The van der Waals surface area contributed by atoms with Crippen molar-refractivity contribution in [2.45, 2.75) is 115 Å². The number of aliphatic carboxylic acids is 1. The van der Waals surface area contributed by atoms with Crippen LogP contribution in [0.1, 0.15) is 103 Å². The monoisotopic (exact) mass is 1710 g/mol. The fourth-order valence-corrected chi connectivity index (χ4v) is 15.2. The van der Waals surface area contributed by atoms with Gasteiger partial charge in [-0.3, -0.25) is 9.59 Å². The summed E-state index contributed by atoms with van der Waals surface area (Å²) in [5, 5.41) is 20.9. The number of amides is 3. The highest BCUT2D eigenvalue weighted by molar-refractivity contribution is 6.08. The van der Waals surface area contributed by atoms with Gasteiger partial charge in [0.15, 0.2) is 0 Å². The number of rotatable bonds is 24. The van der Waals surface area contributed by atoms with E-state index in [-0.39, 0.29) is 57.5 Å².